The van der Waals surface area contributed by atoms with Gasteiger partial charge in [0.2, 0.25) is 0 Å². The Kier molecular flexibility index (Phi) is 5.99. The highest BCUT2D eigenvalue weighted by molar-refractivity contribution is 5.91. The maximum atomic E-state index is 11.8. The summed E-state index contributed by atoms with van der Waals surface area (Å²) >= 11 is 0. The number of aliphatic hydroxyl groups is 1. The monoisotopic (exact) mass is 334 g/mol. The first-order chi connectivity index (χ1) is 11.3. The fourth-order valence-electron chi connectivity index (χ4n) is 2.99. The van der Waals surface area contributed by atoms with Crippen LogP contribution in [0, 0.1) is 11.8 Å². The fraction of sp³-hybridized carbons (Fsp3) is 0.579. The fourth-order valence-corrected chi connectivity index (χ4v) is 2.99. The lowest BCUT2D eigenvalue weighted by Crippen LogP contribution is -2.29. The smallest absolute Gasteiger partial charge is 0.334 e. The van der Waals surface area contributed by atoms with Crippen molar-refractivity contribution in [2.45, 2.75) is 52.2 Å². The maximum absolute atomic E-state index is 11.8. The zero-order valence-electron chi connectivity index (χ0n) is 14.6. The van der Waals surface area contributed by atoms with Crippen LogP contribution >= 0.6 is 0 Å². The van der Waals surface area contributed by atoms with Crippen LogP contribution in [0.1, 0.15) is 40.0 Å². The molecule has 0 bridgehead atoms. The minimum Gasteiger partial charge on any atom is -0.461 e. The molecule has 1 saturated heterocycles. The molecule has 1 fully saturated rings. The Labute approximate surface area is 143 Å². The predicted molar refractivity (Wildman–Crippen MR) is 90.0 cm³/mol. The van der Waals surface area contributed by atoms with Crippen molar-refractivity contribution in [1.29, 1.82) is 0 Å². The summed E-state index contributed by atoms with van der Waals surface area (Å²) in [6.45, 7) is 9.48. The molecule has 0 aromatic heterocycles. The SMILES string of the molecule is C=C1C(=O)OC2C=C(C)CCC=C(COC(=O)C(C)C)CC(O)C12. The number of hydrogen-bond donors (Lipinski definition) is 1. The summed E-state index contributed by atoms with van der Waals surface area (Å²) in [5.74, 6) is -1.37. The second-order valence-corrected chi connectivity index (χ2v) is 6.87. The summed E-state index contributed by atoms with van der Waals surface area (Å²) in [6, 6.07) is 0. The number of fused-ring (bicyclic) bond motifs is 1. The van der Waals surface area contributed by atoms with Gasteiger partial charge in [-0.1, -0.05) is 32.1 Å². The van der Waals surface area contributed by atoms with Gasteiger partial charge in [0.25, 0.3) is 0 Å². The van der Waals surface area contributed by atoms with E-state index in [1.807, 2.05) is 19.1 Å². The van der Waals surface area contributed by atoms with Crippen LogP contribution in [0.15, 0.2) is 35.5 Å². The van der Waals surface area contributed by atoms with Crippen LogP contribution < -0.4 is 0 Å². The van der Waals surface area contributed by atoms with Crippen LogP contribution in [0.3, 0.4) is 0 Å². The second-order valence-electron chi connectivity index (χ2n) is 6.87. The van der Waals surface area contributed by atoms with Crippen molar-refractivity contribution in [2.24, 2.45) is 11.8 Å². The quantitative estimate of drug-likeness (QED) is 0.488. The molecular formula is C19H26O5. The van der Waals surface area contributed by atoms with Gasteiger partial charge in [-0.15, -0.1) is 0 Å². The van der Waals surface area contributed by atoms with E-state index < -0.39 is 24.1 Å². The van der Waals surface area contributed by atoms with E-state index in [2.05, 4.69) is 6.58 Å². The summed E-state index contributed by atoms with van der Waals surface area (Å²) in [6.07, 6.45) is 4.57. The Morgan fingerprint density at radius 1 is 1.50 bits per heavy atom. The third-order valence-electron chi connectivity index (χ3n) is 4.44. The van der Waals surface area contributed by atoms with Crippen molar-refractivity contribution in [3.05, 3.63) is 35.5 Å². The Hall–Kier alpha value is -1.88. The van der Waals surface area contributed by atoms with Crippen molar-refractivity contribution in [3.63, 3.8) is 0 Å². The zero-order valence-corrected chi connectivity index (χ0v) is 14.6. The molecule has 24 heavy (non-hydrogen) atoms. The number of allylic oxidation sites excluding steroid dienone is 2. The normalized spacial score (nSPS) is 28.0. The molecule has 0 aromatic rings. The van der Waals surface area contributed by atoms with Crippen molar-refractivity contribution in [1.82, 2.24) is 0 Å². The Morgan fingerprint density at radius 3 is 2.88 bits per heavy atom. The van der Waals surface area contributed by atoms with Crippen molar-refractivity contribution in [3.8, 4) is 0 Å². The molecule has 0 aromatic carbocycles. The molecule has 1 N–H and O–H groups in total. The number of carbonyl (C=O) groups is 2. The topological polar surface area (TPSA) is 72.8 Å². The molecule has 0 amide bonds. The second kappa shape index (κ2) is 7.79. The summed E-state index contributed by atoms with van der Waals surface area (Å²) in [7, 11) is 0. The molecule has 3 unspecified atom stereocenters. The number of esters is 2. The van der Waals surface area contributed by atoms with E-state index in [1.54, 1.807) is 13.8 Å². The van der Waals surface area contributed by atoms with Gasteiger partial charge >= 0.3 is 11.9 Å². The third-order valence-corrected chi connectivity index (χ3v) is 4.44. The van der Waals surface area contributed by atoms with Crippen molar-refractivity contribution < 1.29 is 24.2 Å². The van der Waals surface area contributed by atoms with E-state index in [-0.39, 0.29) is 18.5 Å². The third kappa shape index (κ3) is 4.35. The molecule has 1 aliphatic heterocycles. The van der Waals surface area contributed by atoms with Crippen LogP contribution in [0.4, 0.5) is 0 Å². The number of ether oxygens (including phenoxy) is 2. The number of aliphatic hydroxyl groups excluding tert-OH is 1. The molecule has 2 aliphatic rings. The molecule has 132 valence electrons. The van der Waals surface area contributed by atoms with Gasteiger partial charge in [-0.2, -0.15) is 0 Å². The highest BCUT2D eigenvalue weighted by Gasteiger charge is 2.42. The van der Waals surface area contributed by atoms with Crippen LogP contribution in [0.2, 0.25) is 0 Å². The molecule has 5 nitrogen and oxygen atoms in total. The minimum absolute atomic E-state index is 0.162. The molecule has 0 saturated carbocycles. The summed E-state index contributed by atoms with van der Waals surface area (Å²) in [4.78, 5) is 23.5. The lowest BCUT2D eigenvalue weighted by molar-refractivity contribution is -0.146. The lowest BCUT2D eigenvalue weighted by Gasteiger charge is -2.24. The van der Waals surface area contributed by atoms with Gasteiger partial charge in [-0.05, 0) is 37.8 Å². The van der Waals surface area contributed by atoms with E-state index in [9.17, 15) is 14.7 Å². The first-order valence-electron chi connectivity index (χ1n) is 8.39. The first-order valence-corrected chi connectivity index (χ1v) is 8.39. The standard InChI is InChI=1S/C19H26O5/c1-11(2)18(21)23-10-14-7-5-6-12(3)8-16-17(15(20)9-14)13(4)19(22)24-16/h7-8,11,15-17,20H,4-6,9-10H2,1-3H3. The van der Waals surface area contributed by atoms with E-state index in [4.69, 9.17) is 9.47 Å². The van der Waals surface area contributed by atoms with E-state index in [1.165, 1.54) is 0 Å². The highest BCUT2D eigenvalue weighted by Crippen LogP contribution is 2.34. The molecule has 2 rings (SSSR count). The average Bonchev–Trinajstić information content (AvgIpc) is 2.78. The predicted octanol–water partition coefficient (Wildman–Crippen LogP) is 2.70. The summed E-state index contributed by atoms with van der Waals surface area (Å²) in [5, 5.41) is 10.6. The number of rotatable bonds is 3. The first kappa shape index (κ1) is 18.5. The summed E-state index contributed by atoms with van der Waals surface area (Å²) < 4.78 is 10.6. The minimum atomic E-state index is -0.805. The van der Waals surface area contributed by atoms with Gasteiger partial charge in [0, 0.05) is 5.57 Å². The van der Waals surface area contributed by atoms with Crippen LogP contribution in [-0.4, -0.2) is 35.9 Å². The van der Waals surface area contributed by atoms with Crippen LogP contribution in [0.5, 0.6) is 0 Å². The molecular weight excluding hydrogens is 308 g/mol. The van der Waals surface area contributed by atoms with Gasteiger partial charge < -0.3 is 14.6 Å². The van der Waals surface area contributed by atoms with E-state index >= 15 is 0 Å². The van der Waals surface area contributed by atoms with E-state index in [0.717, 1.165) is 24.0 Å². The molecule has 5 heteroatoms. The Balaban J connectivity index is 2.16. The molecule has 0 radical (unpaired) electrons. The largest absolute Gasteiger partial charge is 0.461 e. The molecule has 1 heterocycles. The summed E-state index contributed by atoms with van der Waals surface area (Å²) in [5.41, 5.74) is 2.25. The average molecular weight is 334 g/mol. The maximum Gasteiger partial charge on any atom is 0.334 e. The number of carbonyl (C=O) groups excluding carboxylic acids is 2. The van der Waals surface area contributed by atoms with Crippen LogP contribution in [-0.2, 0) is 19.1 Å². The molecule has 3 atom stereocenters. The van der Waals surface area contributed by atoms with Crippen molar-refractivity contribution >= 4 is 11.9 Å². The van der Waals surface area contributed by atoms with Gasteiger partial charge in [0.1, 0.15) is 12.7 Å². The van der Waals surface area contributed by atoms with Gasteiger partial charge in [0.15, 0.2) is 0 Å². The highest BCUT2D eigenvalue weighted by atomic mass is 16.6. The zero-order chi connectivity index (χ0) is 17.9. The molecule has 1 aliphatic carbocycles. The van der Waals surface area contributed by atoms with Crippen LogP contribution in [0.25, 0.3) is 0 Å². The lowest BCUT2D eigenvalue weighted by atomic mass is 9.85. The Morgan fingerprint density at radius 2 is 2.21 bits per heavy atom. The van der Waals surface area contributed by atoms with Gasteiger partial charge in [-0.3, -0.25) is 4.79 Å². The Bertz CT molecular complexity index is 585. The van der Waals surface area contributed by atoms with E-state index in [0.29, 0.717) is 12.0 Å². The molecule has 0 spiro atoms. The van der Waals surface area contributed by atoms with Gasteiger partial charge in [0.05, 0.1) is 17.9 Å². The van der Waals surface area contributed by atoms with Gasteiger partial charge in [-0.25, -0.2) is 4.79 Å². The van der Waals surface area contributed by atoms with Crippen molar-refractivity contribution in [2.75, 3.05) is 6.61 Å². The number of hydrogen-bond acceptors (Lipinski definition) is 5.